The number of benzene rings is 1. The number of ether oxygens (including phenoxy) is 2. The van der Waals surface area contributed by atoms with Gasteiger partial charge in [0.1, 0.15) is 17.7 Å². The highest BCUT2D eigenvalue weighted by atomic mass is 16.6. The minimum Gasteiger partial charge on any atom is -0.468 e. The average Bonchev–Trinajstić information content (AvgIpc) is 2.87. The van der Waals surface area contributed by atoms with E-state index in [4.69, 9.17) is 9.47 Å². The first kappa shape index (κ1) is 36.9. The molecule has 0 fully saturated rings. The zero-order valence-electron chi connectivity index (χ0n) is 28.0. The Balaban J connectivity index is 3.45. The Morgan fingerprint density at radius 2 is 1.43 bits per heavy atom. The molecule has 0 radical (unpaired) electrons. The summed E-state index contributed by atoms with van der Waals surface area (Å²) < 4.78 is 10.3. The average molecular weight is 591 g/mol. The Kier molecular flexibility index (Phi) is 13.0. The molecule has 10 heteroatoms. The van der Waals surface area contributed by atoms with Gasteiger partial charge >= 0.3 is 12.1 Å². The van der Waals surface area contributed by atoms with Gasteiger partial charge in [0.05, 0.1) is 13.7 Å². The predicted octanol–water partition coefficient (Wildman–Crippen LogP) is 3.98. The fourth-order valence-electron chi connectivity index (χ4n) is 4.90. The molecule has 10 nitrogen and oxygen atoms in total. The number of methoxy groups -OCH3 is 1. The summed E-state index contributed by atoms with van der Waals surface area (Å²) in [4.78, 5) is 56.1. The number of carbonyl (C=O) groups excluding carboxylic acids is 4. The summed E-state index contributed by atoms with van der Waals surface area (Å²) in [5.41, 5.74) is -1.41. The first-order valence-corrected chi connectivity index (χ1v) is 14.5. The second-order valence-electron chi connectivity index (χ2n) is 13.9. The van der Waals surface area contributed by atoms with Crippen molar-refractivity contribution in [2.45, 2.75) is 98.4 Å². The normalized spacial score (nSPS) is 14.4. The number of hydrogen-bond donors (Lipinski definition) is 2. The lowest BCUT2D eigenvalue weighted by Gasteiger charge is -2.42. The summed E-state index contributed by atoms with van der Waals surface area (Å²) in [6, 6.07) is 7.33. The van der Waals surface area contributed by atoms with E-state index in [9.17, 15) is 19.2 Å². The fraction of sp³-hybridized carbons (Fsp3) is 0.688. The van der Waals surface area contributed by atoms with Crippen LogP contribution < -0.4 is 10.6 Å². The highest BCUT2D eigenvalue weighted by Crippen LogP contribution is 2.32. The molecule has 42 heavy (non-hydrogen) atoms. The molecule has 3 amide bonds. The maximum atomic E-state index is 14.2. The number of likely N-dealkylation sites (N-methyl/N-ethyl adjacent to an activating group) is 2. The van der Waals surface area contributed by atoms with Gasteiger partial charge in [0.25, 0.3) is 0 Å². The Morgan fingerprint density at radius 3 is 1.88 bits per heavy atom. The molecular weight excluding hydrogens is 536 g/mol. The molecule has 0 spiro atoms. The van der Waals surface area contributed by atoms with Crippen LogP contribution in [-0.4, -0.2) is 91.7 Å². The molecule has 2 N–H and O–H groups in total. The number of amides is 3. The summed E-state index contributed by atoms with van der Waals surface area (Å²) in [5.74, 6) is -1.08. The number of hydrogen-bond acceptors (Lipinski definition) is 7. The molecule has 238 valence electrons. The highest BCUT2D eigenvalue weighted by Gasteiger charge is 2.45. The minimum absolute atomic E-state index is 0.0223. The summed E-state index contributed by atoms with van der Waals surface area (Å²) in [6.45, 7) is 19.1. The molecule has 0 saturated heterocycles. The Morgan fingerprint density at radius 1 is 0.881 bits per heavy atom. The quantitative estimate of drug-likeness (QED) is 0.354. The lowest BCUT2D eigenvalue weighted by Crippen LogP contribution is -2.63. The molecule has 1 rings (SSSR count). The predicted molar refractivity (Wildman–Crippen MR) is 165 cm³/mol. The molecule has 0 heterocycles. The van der Waals surface area contributed by atoms with E-state index in [0.29, 0.717) is 6.54 Å². The Labute approximate surface area is 252 Å². The molecule has 0 aliphatic carbocycles. The van der Waals surface area contributed by atoms with Crippen LogP contribution in [-0.2, 0) is 29.3 Å². The molecule has 3 atom stereocenters. The summed E-state index contributed by atoms with van der Waals surface area (Å²) in [7, 11) is 4.57. The summed E-state index contributed by atoms with van der Waals surface area (Å²) in [5, 5.41) is 6.08. The van der Waals surface area contributed by atoms with E-state index in [1.54, 1.807) is 39.8 Å². The van der Waals surface area contributed by atoms with Crippen LogP contribution in [0.15, 0.2) is 30.3 Å². The fourth-order valence-corrected chi connectivity index (χ4v) is 4.90. The van der Waals surface area contributed by atoms with Gasteiger partial charge in [-0.1, -0.05) is 78.8 Å². The van der Waals surface area contributed by atoms with Crippen LogP contribution in [0.4, 0.5) is 4.79 Å². The van der Waals surface area contributed by atoms with Crippen LogP contribution in [0.3, 0.4) is 0 Å². The van der Waals surface area contributed by atoms with E-state index in [1.807, 2.05) is 78.8 Å². The van der Waals surface area contributed by atoms with Crippen LogP contribution in [0.2, 0.25) is 0 Å². The van der Waals surface area contributed by atoms with E-state index in [-0.39, 0.29) is 24.4 Å². The number of nitrogens with one attached hydrogen (secondary N) is 2. The maximum absolute atomic E-state index is 14.2. The first-order chi connectivity index (χ1) is 19.1. The highest BCUT2D eigenvalue weighted by molar-refractivity contribution is 5.93. The van der Waals surface area contributed by atoms with Crippen molar-refractivity contribution in [1.82, 2.24) is 20.4 Å². The van der Waals surface area contributed by atoms with Gasteiger partial charge in [-0.2, -0.15) is 0 Å². The second-order valence-corrected chi connectivity index (χ2v) is 13.9. The molecular formula is C32H54N4O6. The van der Waals surface area contributed by atoms with Crippen molar-refractivity contribution >= 4 is 23.9 Å². The molecule has 0 aromatic heterocycles. The molecule has 1 aromatic rings. The smallest absolute Gasteiger partial charge is 0.410 e. The van der Waals surface area contributed by atoms with Gasteiger partial charge in [-0.25, -0.2) is 4.79 Å². The topological polar surface area (TPSA) is 117 Å². The zero-order valence-corrected chi connectivity index (χ0v) is 28.0. The molecule has 0 aliphatic rings. The minimum atomic E-state index is -1.000. The van der Waals surface area contributed by atoms with Crippen LogP contribution in [0.5, 0.6) is 0 Å². The zero-order chi connectivity index (χ0) is 32.6. The molecule has 0 aliphatic heterocycles. The number of carbonyl (C=O) groups is 4. The van der Waals surface area contributed by atoms with Gasteiger partial charge in [0.15, 0.2) is 0 Å². The van der Waals surface area contributed by atoms with E-state index < -0.39 is 46.5 Å². The van der Waals surface area contributed by atoms with Crippen LogP contribution in [0.25, 0.3) is 0 Å². The van der Waals surface area contributed by atoms with Gasteiger partial charge in [-0.3, -0.25) is 19.3 Å². The van der Waals surface area contributed by atoms with Gasteiger partial charge in [-0.15, -0.1) is 0 Å². The van der Waals surface area contributed by atoms with E-state index >= 15 is 0 Å². The monoisotopic (exact) mass is 590 g/mol. The molecule has 0 bridgehead atoms. The Hall–Kier alpha value is -3.14. The van der Waals surface area contributed by atoms with Crippen molar-refractivity contribution in [1.29, 1.82) is 0 Å². The van der Waals surface area contributed by atoms with Crippen LogP contribution >= 0.6 is 0 Å². The number of nitrogens with zero attached hydrogens (tertiary/aromatic N) is 2. The largest absolute Gasteiger partial charge is 0.468 e. The lowest BCUT2D eigenvalue weighted by atomic mass is 9.76. The van der Waals surface area contributed by atoms with Crippen molar-refractivity contribution in [3.8, 4) is 0 Å². The number of rotatable bonds is 12. The van der Waals surface area contributed by atoms with Gasteiger partial charge in [-0.05, 0) is 37.7 Å². The van der Waals surface area contributed by atoms with Gasteiger partial charge in [0, 0.05) is 32.1 Å². The van der Waals surface area contributed by atoms with Crippen molar-refractivity contribution < 1.29 is 28.7 Å². The van der Waals surface area contributed by atoms with E-state index in [1.165, 1.54) is 12.0 Å². The van der Waals surface area contributed by atoms with Crippen molar-refractivity contribution in [2.24, 2.45) is 11.3 Å². The third-order valence-corrected chi connectivity index (χ3v) is 7.38. The van der Waals surface area contributed by atoms with Crippen LogP contribution in [0.1, 0.15) is 74.8 Å². The third-order valence-electron chi connectivity index (χ3n) is 7.38. The van der Waals surface area contributed by atoms with E-state index in [2.05, 4.69) is 10.6 Å². The second kappa shape index (κ2) is 14.8. The van der Waals surface area contributed by atoms with Gasteiger partial charge in [0.2, 0.25) is 11.8 Å². The van der Waals surface area contributed by atoms with Crippen LogP contribution in [0, 0.1) is 11.3 Å². The third kappa shape index (κ3) is 10.3. The summed E-state index contributed by atoms with van der Waals surface area (Å²) in [6.07, 6.45) is -0.640. The van der Waals surface area contributed by atoms with E-state index in [0.717, 1.165) is 5.56 Å². The molecule has 3 unspecified atom stereocenters. The standard InChI is InChI=1S/C32H54N4O6/c1-21(2)23(19-33-20-24(37)41-13)35(11)28(39)25(30(3,4)5)34-27(38)26(36(12)29(40)42-31(6,7)8)32(9,10)22-17-15-14-16-18-22/h14-18,21,23,25-26,33H,19-20H2,1-13H3,(H,34,38). The lowest BCUT2D eigenvalue weighted by molar-refractivity contribution is -0.142. The summed E-state index contributed by atoms with van der Waals surface area (Å²) >= 11 is 0. The number of esters is 1. The van der Waals surface area contributed by atoms with Crippen molar-refractivity contribution in [3.63, 3.8) is 0 Å². The molecule has 1 aromatic carbocycles. The maximum Gasteiger partial charge on any atom is 0.410 e. The van der Waals surface area contributed by atoms with Gasteiger partial charge < -0.3 is 25.0 Å². The Bertz CT molecular complexity index is 1060. The first-order valence-electron chi connectivity index (χ1n) is 14.5. The SMILES string of the molecule is COC(=O)CNCC(C(C)C)N(C)C(=O)C(NC(=O)C(N(C)C(=O)OC(C)(C)C)C(C)(C)c1ccccc1)C(C)(C)C. The molecule has 0 saturated carbocycles. The van der Waals surface area contributed by atoms with Crippen molar-refractivity contribution in [2.75, 3.05) is 34.3 Å². The van der Waals surface area contributed by atoms with Crippen molar-refractivity contribution in [3.05, 3.63) is 35.9 Å².